The molecule has 3 nitrogen and oxygen atoms in total. The summed E-state index contributed by atoms with van der Waals surface area (Å²) in [6, 6.07) is 4.78. The summed E-state index contributed by atoms with van der Waals surface area (Å²) in [6.45, 7) is 0.903. The molecule has 0 aliphatic heterocycles. The van der Waals surface area contributed by atoms with Crippen LogP contribution in [0.2, 0.25) is 5.02 Å². The molecule has 2 N–H and O–H groups in total. The number of carbonyl (C=O) groups excluding carboxylic acids is 1. The first-order chi connectivity index (χ1) is 12.5. The maximum Gasteiger partial charge on any atom is 0.240 e. The fourth-order valence-corrected chi connectivity index (χ4v) is 5.13. The maximum absolute atomic E-state index is 13.2. The molecule has 0 saturated heterocycles. The average Bonchev–Trinajstić information content (AvgIpc) is 3.12. The lowest BCUT2D eigenvalue weighted by molar-refractivity contribution is -0.127. The topological polar surface area (TPSA) is 41.1 Å². The van der Waals surface area contributed by atoms with Gasteiger partial charge in [-0.25, -0.2) is 4.39 Å². The average molecular weight is 381 g/mol. The zero-order chi connectivity index (χ0) is 18.6. The summed E-state index contributed by atoms with van der Waals surface area (Å²) in [5.41, 5.74) is 0.752. The number of likely N-dealkylation sites (N-methyl/N-ethyl adjacent to an activating group) is 1. The zero-order valence-electron chi connectivity index (χ0n) is 15.6. The highest BCUT2D eigenvalue weighted by atomic mass is 35.5. The Bertz CT molecular complexity index is 622. The van der Waals surface area contributed by atoms with E-state index >= 15 is 0 Å². The molecule has 0 bridgehead atoms. The number of benzene rings is 1. The van der Waals surface area contributed by atoms with Gasteiger partial charge in [0.1, 0.15) is 5.82 Å². The van der Waals surface area contributed by atoms with Crippen molar-refractivity contribution in [3.8, 4) is 0 Å². The first-order valence-corrected chi connectivity index (χ1v) is 10.3. The molecule has 2 aliphatic rings. The second-order valence-corrected chi connectivity index (χ2v) is 8.37. The number of hydrogen-bond donors (Lipinski definition) is 2. The van der Waals surface area contributed by atoms with E-state index in [1.165, 1.54) is 25.0 Å². The standard InChI is InChI=1S/C21H30ClFN2O/c1-24-20(26)21(11-2-3-12-21)25-13-10-15-4-6-16(7-5-15)18-9-8-17(23)14-19(18)22/h8-9,14-16,25H,2-7,10-13H2,1H3,(H,24,26)/t15-,16+. The third kappa shape index (κ3) is 4.40. The number of rotatable bonds is 6. The van der Waals surface area contributed by atoms with Gasteiger partial charge in [0.05, 0.1) is 5.54 Å². The van der Waals surface area contributed by atoms with Crippen LogP contribution in [0.15, 0.2) is 18.2 Å². The van der Waals surface area contributed by atoms with Crippen LogP contribution in [-0.2, 0) is 4.79 Å². The van der Waals surface area contributed by atoms with Crippen LogP contribution < -0.4 is 10.6 Å². The monoisotopic (exact) mass is 380 g/mol. The molecule has 0 heterocycles. The molecule has 0 radical (unpaired) electrons. The summed E-state index contributed by atoms with van der Waals surface area (Å²) in [6.07, 6.45) is 9.83. The molecule has 2 saturated carbocycles. The smallest absolute Gasteiger partial charge is 0.240 e. The van der Waals surface area contributed by atoms with Crippen LogP contribution in [0.5, 0.6) is 0 Å². The van der Waals surface area contributed by atoms with Gasteiger partial charge in [-0.3, -0.25) is 4.79 Å². The maximum atomic E-state index is 13.2. The van der Waals surface area contributed by atoms with Crippen molar-refractivity contribution in [3.63, 3.8) is 0 Å². The van der Waals surface area contributed by atoms with Crippen LogP contribution in [-0.4, -0.2) is 25.0 Å². The lowest BCUT2D eigenvalue weighted by atomic mass is 9.77. The lowest BCUT2D eigenvalue weighted by Gasteiger charge is -2.32. The number of amides is 1. The highest BCUT2D eigenvalue weighted by Gasteiger charge is 2.40. The van der Waals surface area contributed by atoms with E-state index in [2.05, 4.69) is 10.6 Å². The highest BCUT2D eigenvalue weighted by Crippen LogP contribution is 2.39. The second-order valence-electron chi connectivity index (χ2n) is 7.97. The van der Waals surface area contributed by atoms with Gasteiger partial charge in [0.15, 0.2) is 0 Å². The van der Waals surface area contributed by atoms with E-state index in [1.54, 1.807) is 7.05 Å². The normalized spacial score (nSPS) is 25.2. The molecule has 2 fully saturated rings. The van der Waals surface area contributed by atoms with Crippen LogP contribution in [0.4, 0.5) is 4.39 Å². The van der Waals surface area contributed by atoms with Crippen molar-refractivity contribution in [3.05, 3.63) is 34.6 Å². The molecule has 26 heavy (non-hydrogen) atoms. The van der Waals surface area contributed by atoms with Crippen LogP contribution in [0, 0.1) is 11.7 Å². The third-order valence-electron chi connectivity index (χ3n) is 6.38. The molecule has 1 aromatic carbocycles. The minimum atomic E-state index is -0.340. The Morgan fingerprint density at radius 2 is 1.92 bits per heavy atom. The van der Waals surface area contributed by atoms with E-state index in [0.717, 1.165) is 57.1 Å². The summed E-state index contributed by atoms with van der Waals surface area (Å²) >= 11 is 6.23. The van der Waals surface area contributed by atoms with E-state index in [4.69, 9.17) is 11.6 Å². The van der Waals surface area contributed by atoms with Gasteiger partial charge in [0.2, 0.25) is 5.91 Å². The van der Waals surface area contributed by atoms with Gasteiger partial charge in [0.25, 0.3) is 0 Å². The summed E-state index contributed by atoms with van der Waals surface area (Å²) in [5.74, 6) is 1.01. The quantitative estimate of drug-likeness (QED) is 0.744. The van der Waals surface area contributed by atoms with Gasteiger partial charge in [-0.2, -0.15) is 0 Å². The van der Waals surface area contributed by atoms with E-state index < -0.39 is 0 Å². The fraction of sp³-hybridized carbons (Fsp3) is 0.667. The SMILES string of the molecule is CNC(=O)C1(NCC[C@H]2CC[C@@H](c3ccc(F)cc3Cl)CC2)CCCC1. The molecular weight excluding hydrogens is 351 g/mol. The Morgan fingerprint density at radius 1 is 1.23 bits per heavy atom. The molecule has 0 aromatic heterocycles. The van der Waals surface area contributed by atoms with Gasteiger partial charge in [-0.05, 0) is 81.0 Å². The molecule has 2 aliphatic carbocycles. The van der Waals surface area contributed by atoms with Gasteiger partial charge in [0, 0.05) is 12.1 Å². The van der Waals surface area contributed by atoms with Gasteiger partial charge < -0.3 is 10.6 Å². The van der Waals surface area contributed by atoms with Crippen LogP contribution >= 0.6 is 11.6 Å². The second kappa shape index (κ2) is 8.71. The van der Waals surface area contributed by atoms with Crippen molar-refractivity contribution in [2.45, 2.75) is 69.2 Å². The van der Waals surface area contributed by atoms with Crippen molar-refractivity contribution in [2.24, 2.45) is 5.92 Å². The molecule has 0 spiro atoms. The number of halogens is 2. The summed E-state index contributed by atoms with van der Waals surface area (Å²) in [7, 11) is 1.73. The Hall–Kier alpha value is -1.13. The Labute approximate surface area is 161 Å². The molecule has 0 unspecified atom stereocenters. The zero-order valence-corrected chi connectivity index (χ0v) is 16.4. The summed E-state index contributed by atoms with van der Waals surface area (Å²) in [5, 5.41) is 6.96. The summed E-state index contributed by atoms with van der Waals surface area (Å²) in [4.78, 5) is 12.3. The highest BCUT2D eigenvalue weighted by molar-refractivity contribution is 6.31. The number of nitrogens with one attached hydrogen (secondary N) is 2. The van der Waals surface area contributed by atoms with E-state index in [-0.39, 0.29) is 17.3 Å². The van der Waals surface area contributed by atoms with Gasteiger partial charge in [-0.1, -0.05) is 30.5 Å². The van der Waals surface area contributed by atoms with E-state index in [0.29, 0.717) is 16.9 Å². The van der Waals surface area contributed by atoms with E-state index in [9.17, 15) is 9.18 Å². The Balaban J connectivity index is 1.46. The molecular formula is C21H30ClFN2O. The van der Waals surface area contributed by atoms with Crippen molar-refractivity contribution in [2.75, 3.05) is 13.6 Å². The van der Waals surface area contributed by atoms with Crippen LogP contribution in [0.1, 0.15) is 69.3 Å². The number of hydrogen-bond acceptors (Lipinski definition) is 2. The minimum Gasteiger partial charge on any atom is -0.358 e. The van der Waals surface area contributed by atoms with Crippen molar-refractivity contribution >= 4 is 17.5 Å². The predicted molar refractivity (Wildman–Crippen MR) is 104 cm³/mol. The first kappa shape index (κ1) is 19.6. The lowest BCUT2D eigenvalue weighted by Crippen LogP contribution is -2.54. The minimum absolute atomic E-state index is 0.143. The molecule has 0 atom stereocenters. The predicted octanol–water partition coefficient (Wildman–Crippen LogP) is 4.79. The largest absolute Gasteiger partial charge is 0.358 e. The van der Waals surface area contributed by atoms with Gasteiger partial charge in [-0.15, -0.1) is 0 Å². The Morgan fingerprint density at radius 3 is 2.54 bits per heavy atom. The Kier molecular flexibility index (Phi) is 6.57. The van der Waals surface area contributed by atoms with Gasteiger partial charge >= 0.3 is 0 Å². The first-order valence-electron chi connectivity index (χ1n) is 9.96. The number of carbonyl (C=O) groups is 1. The van der Waals surface area contributed by atoms with E-state index in [1.807, 2.05) is 6.07 Å². The molecule has 144 valence electrons. The summed E-state index contributed by atoms with van der Waals surface area (Å²) < 4.78 is 13.2. The fourth-order valence-electron chi connectivity index (χ4n) is 4.81. The van der Waals surface area contributed by atoms with Crippen molar-refractivity contribution < 1.29 is 9.18 Å². The molecule has 3 rings (SSSR count). The van der Waals surface area contributed by atoms with Crippen LogP contribution in [0.3, 0.4) is 0 Å². The van der Waals surface area contributed by atoms with Crippen LogP contribution in [0.25, 0.3) is 0 Å². The molecule has 1 amide bonds. The van der Waals surface area contributed by atoms with Crippen molar-refractivity contribution in [1.29, 1.82) is 0 Å². The third-order valence-corrected chi connectivity index (χ3v) is 6.71. The van der Waals surface area contributed by atoms with Crippen molar-refractivity contribution in [1.82, 2.24) is 10.6 Å². The molecule has 5 heteroatoms. The molecule has 1 aromatic rings.